The Morgan fingerprint density at radius 2 is 2.28 bits per heavy atom. The highest BCUT2D eigenvalue weighted by Crippen LogP contribution is 2.57. The van der Waals surface area contributed by atoms with Gasteiger partial charge in [0.1, 0.15) is 17.2 Å². The molecule has 0 unspecified atom stereocenters. The zero-order valence-electron chi connectivity index (χ0n) is 9.53. The van der Waals surface area contributed by atoms with E-state index in [9.17, 15) is 13.6 Å². The second kappa shape index (κ2) is 4.53. The number of hydrogen-bond donors (Lipinski definition) is 2. The predicted molar refractivity (Wildman–Crippen MR) is 58.5 cm³/mol. The minimum Gasteiger partial charge on any atom is -0.438 e. The highest BCUT2D eigenvalue weighted by atomic mass is 19.1. The molecule has 98 valence electrons. The van der Waals surface area contributed by atoms with Gasteiger partial charge in [-0.25, -0.2) is 13.6 Å². The summed E-state index contributed by atoms with van der Waals surface area (Å²) in [5.74, 6) is -1.52. The molecule has 0 aliphatic heterocycles. The zero-order chi connectivity index (χ0) is 13.3. The van der Waals surface area contributed by atoms with Crippen molar-refractivity contribution in [3.63, 3.8) is 0 Å². The van der Waals surface area contributed by atoms with Gasteiger partial charge in [-0.1, -0.05) is 0 Å². The summed E-state index contributed by atoms with van der Waals surface area (Å²) < 4.78 is 31.8. The number of rotatable bonds is 4. The van der Waals surface area contributed by atoms with E-state index in [0.717, 1.165) is 18.2 Å². The van der Waals surface area contributed by atoms with E-state index in [-0.39, 0.29) is 18.1 Å². The lowest BCUT2D eigenvalue weighted by atomic mass is 10.0. The van der Waals surface area contributed by atoms with E-state index in [4.69, 9.17) is 15.6 Å². The number of aliphatic hydroxyl groups is 1. The van der Waals surface area contributed by atoms with Crippen molar-refractivity contribution in [2.24, 2.45) is 11.7 Å². The van der Waals surface area contributed by atoms with Crippen LogP contribution in [0.3, 0.4) is 0 Å². The van der Waals surface area contributed by atoms with Crippen LogP contribution in [-0.4, -0.2) is 17.8 Å². The average Bonchev–Trinajstić information content (AvgIpc) is 2.95. The first-order chi connectivity index (χ1) is 8.49. The Morgan fingerprint density at radius 3 is 2.89 bits per heavy atom. The van der Waals surface area contributed by atoms with Gasteiger partial charge in [0.2, 0.25) is 0 Å². The van der Waals surface area contributed by atoms with Gasteiger partial charge in [-0.3, -0.25) is 0 Å². The van der Waals surface area contributed by atoms with Gasteiger partial charge in [0.05, 0.1) is 0 Å². The lowest BCUT2D eigenvalue weighted by Gasteiger charge is -2.18. The summed E-state index contributed by atoms with van der Waals surface area (Å²) in [5, 5.41) is 8.87. The summed E-state index contributed by atoms with van der Waals surface area (Å²) in [6.07, 6.45) is -0.376. The van der Waals surface area contributed by atoms with Crippen molar-refractivity contribution >= 4 is 6.09 Å². The van der Waals surface area contributed by atoms with Gasteiger partial charge in [0, 0.05) is 18.1 Å². The van der Waals surface area contributed by atoms with Crippen LogP contribution < -0.4 is 5.73 Å². The Balaban J connectivity index is 2.36. The molecule has 0 bridgehead atoms. The second-order valence-corrected chi connectivity index (χ2v) is 4.35. The lowest BCUT2D eigenvalue weighted by Crippen LogP contribution is -2.25. The fourth-order valence-corrected chi connectivity index (χ4v) is 2.31. The minimum absolute atomic E-state index is 0.0280. The quantitative estimate of drug-likeness (QED) is 0.861. The number of carbonyl (C=O) groups is 1. The molecule has 0 spiro atoms. The van der Waals surface area contributed by atoms with Crippen LogP contribution in [0.25, 0.3) is 0 Å². The molecule has 2 atom stereocenters. The molecule has 1 saturated carbocycles. The molecule has 0 radical (unpaired) electrons. The molecule has 0 saturated heterocycles. The molecule has 1 aromatic carbocycles. The summed E-state index contributed by atoms with van der Waals surface area (Å²) in [5.41, 5.74) is 3.70. The van der Waals surface area contributed by atoms with E-state index >= 15 is 0 Å². The third-order valence-electron chi connectivity index (χ3n) is 3.19. The topological polar surface area (TPSA) is 72.6 Å². The highest BCUT2D eigenvalue weighted by molar-refractivity contribution is 5.66. The summed E-state index contributed by atoms with van der Waals surface area (Å²) in [4.78, 5) is 10.9. The van der Waals surface area contributed by atoms with Crippen LogP contribution in [0.5, 0.6) is 0 Å². The molecule has 2 rings (SSSR count). The van der Waals surface area contributed by atoms with Crippen LogP contribution >= 0.6 is 0 Å². The minimum atomic E-state index is -1.24. The van der Waals surface area contributed by atoms with Crippen LogP contribution in [0.4, 0.5) is 13.6 Å². The van der Waals surface area contributed by atoms with Gasteiger partial charge in [0.25, 0.3) is 0 Å². The van der Waals surface area contributed by atoms with Gasteiger partial charge in [-0.05, 0) is 31.0 Å². The van der Waals surface area contributed by atoms with Gasteiger partial charge in [-0.15, -0.1) is 0 Å². The number of aliphatic hydroxyl groups excluding tert-OH is 1. The van der Waals surface area contributed by atoms with Crippen molar-refractivity contribution in [2.45, 2.75) is 18.4 Å². The predicted octanol–water partition coefficient (Wildman–Crippen LogP) is 1.66. The number of primary amides is 1. The average molecular weight is 257 g/mol. The number of ether oxygens (including phenoxy) is 1. The number of benzene rings is 1. The van der Waals surface area contributed by atoms with Gasteiger partial charge in [-0.2, -0.15) is 0 Å². The van der Waals surface area contributed by atoms with Crippen LogP contribution in [0.15, 0.2) is 18.2 Å². The Morgan fingerprint density at radius 1 is 1.56 bits per heavy atom. The Kier molecular flexibility index (Phi) is 3.21. The Bertz CT molecular complexity index is 480. The first-order valence-electron chi connectivity index (χ1n) is 5.54. The number of hydrogen-bond acceptors (Lipinski definition) is 3. The molecule has 0 aromatic heterocycles. The molecule has 1 aliphatic rings. The highest BCUT2D eigenvalue weighted by Gasteiger charge is 2.59. The first kappa shape index (κ1) is 12.8. The van der Waals surface area contributed by atoms with E-state index in [1.807, 2.05) is 0 Å². The van der Waals surface area contributed by atoms with Gasteiger partial charge >= 0.3 is 6.09 Å². The van der Waals surface area contributed by atoms with Crippen molar-refractivity contribution in [1.29, 1.82) is 0 Å². The second-order valence-electron chi connectivity index (χ2n) is 4.35. The molecule has 1 fully saturated rings. The molecule has 0 heterocycles. The first-order valence-corrected chi connectivity index (χ1v) is 5.54. The zero-order valence-corrected chi connectivity index (χ0v) is 9.53. The molecule has 6 heteroatoms. The van der Waals surface area contributed by atoms with Crippen molar-refractivity contribution < 1.29 is 23.4 Å². The molecule has 1 aliphatic carbocycles. The van der Waals surface area contributed by atoms with Crippen molar-refractivity contribution in [3.05, 3.63) is 35.4 Å². The molecule has 1 aromatic rings. The third-order valence-corrected chi connectivity index (χ3v) is 3.19. The van der Waals surface area contributed by atoms with E-state index < -0.39 is 23.3 Å². The van der Waals surface area contributed by atoms with Crippen molar-refractivity contribution in [3.8, 4) is 0 Å². The molecule has 1 amide bonds. The smallest absolute Gasteiger partial charge is 0.405 e. The van der Waals surface area contributed by atoms with Crippen LogP contribution in [0.2, 0.25) is 0 Å². The van der Waals surface area contributed by atoms with Crippen LogP contribution in [-0.2, 0) is 10.3 Å². The van der Waals surface area contributed by atoms with Crippen molar-refractivity contribution in [1.82, 2.24) is 0 Å². The monoisotopic (exact) mass is 257 g/mol. The van der Waals surface area contributed by atoms with Crippen molar-refractivity contribution in [2.75, 3.05) is 6.61 Å². The Hall–Kier alpha value is -1.69. The molecular weight excluding hydrogens is 244 g/mol. The maximum Gasteiger partial charge on any atom is 0.405 e. The fourth-order valence-electron chi connectivity index (χ4n) is 2.31. The number of amides is 1. The van der Waals surface area contributed by atoms with Gasteiger partial charge < -0.3 is 15.6 Å². The lowest BCUT2D eigenvalue weighted by molar-refractivity contribution is 0.0720. The maximum absolute atomic E-state index is 13.7. The Labute approximate surface area is 102 Å². The van der Waals surface area contributed by atoms with Crippen LogP contribution in [0, 0.1) is 17.6 Å². The normalized spacial score (nSPS) is 25.8. The van der Waals surface area contributed by atoms with Crippen LogP contribution in [0.1, 0.15) is 18.4 Å². The standard InChI is InChI=1S/C12H13F2NO3/c13-8-1-2-10(14)9(5-8)12(18-11(15)17)6-7(12)3-4-16/h1-2,5,7,16H,3-4,6H2,(H2,15,17)/t7-,12-/m1/s1. The fraction of sp³-hybridized carbons (Fsp3) is 0.417. The maximum atomic E-state index is 13.7. The molecule has 18 heavy (non-hydrogen) atoms. The summed E-state index contributed by atoms with van der Waals surface area (Å²) in [6, 6.07) is 2.96. The van der Waals surface area contributed by atoms with E-state index in [1.165, 1.54) is 0 Å². The van der Waals surface area contributed by atoms with Gasteiger partial charge in [0.15, 0.2) is 0 Å². The largest absolute Gasteiger partial charge is 0.438 e. The van der Waals surface area contributed by atoms with E-state index in [0.29, 0.717) is 12.8 Å². The van der Waals surface area contributed by atoms with E-state index in [1.54, 1.807) is 0 Å². The number of nitrogens with two attached hydrogens (primary N) is 1. The molecule has 3 N–H and O–H groups in total. The molecular formula is C12H13F2NO3. The summed E-state index contributed by atoms with van der Waals surface area (Å²) in [6.45, 7) is -0.120. The third kappa shape index (κ3) is 2.15. The number of carbonyl (C=O) groups excluding carboxylic acids is 1. The SMILES string of the molecule is NC(=O)O[C@]1(c2cc(F)ccc2F)C[C@H]1CCO. The summed E-state index contributed by atoms with van der Waals surface area (Å²) in [7, 11) is 0. The molecule has 4 nitrogen and oxygen atoms in total. The summed E-state index contributed by atoms with van der Waals surface area (Å²) >= 11 is 0. The number of halogens is 2. The van der Waals surface area contributed by atoms with E-state index in [2.05, 4.69) is 0 Å².